The number of nitrogens with zero attached hydrogens (tertiary/aromatic N) is 1. The highest BCUT2D eigenvalue weighted by atomic mass is 19.1. The summed E-state index contributed by atoms with van der Waals surface area (Å²) in [5.41, 5.74) is 1.30. The van der Waals surface area contributed by atoms with Crippen LogP contribution in [0.1, 0.15) is 24.2 Å². The summed E-state index contributed by atoms with van der Waals surface area (Å²) in [6, 6.07) is 22.1. The van der Waals surface area contributed by atoms with Crippen LogP contribution in [0.15, 0.2) is 78.9 Å². The largest absolute Gasteiger partial charge is 0.479 e. The van der Waals surface area contributed by atoms with Crippen LogP contribution < -0.4 is 10.1 Å². The summed E-state index contributed by atoms with van der Waals surface area (Å²) in [6.07, 6.45) is -2.23. The van der Waals surface area contributed by atoms with Gasteiger partial charge < -0.3 is 14.8 Å². The number of hydrogen-bond donors (Lipinski definition) is 1. The molecule has 0 spiro atoms. The van der Waals surface area contributed by atoms with Crippen LogP contribution in [0.2, 0.25) is 0 Å². The SMILES string of the molecule is C[C@@H](Oc1ccc(C#N)cc1)C(=O)O[C@@H](C(=O)Nc1ccc(F)cc1)c1ccccc1. The predicted molar refractivity (Wildman–Crippen MR) is 112 cm³/mol. The van der Waals surface area contributed by atoms with Gasteiger partial charge in [0, 0.05) is 11.3 Å². The fraction of sp³-hybridized carbons (Fsp3) is 0.125. The molecule has 0 aliphatic carbocycles. The molecule has 0 unspecified atom stereocenters. The average molecular weight is 418 g/mol. The van der Waals surface area contributed by atoms with Crippen molar-refractivity contribution in [3.8, 4) is 11.8 Å². The minimum atomic E-state index is -1.23. The molecule has 1 N–H and O–H groups in total. The van der Waals surface area contributed by atoms with Crippen molar-refractivity contribution in [2.75, 3.05) is 5.32 Å². The normalized spacial score (nSPS) is 12.2. The molecule has 0 aliphatic rings. The van der Waals surface area contributed by atoms with E-state index >= 15 is 0 Å². The second-order valence-electron chi connectivity index (χ2n) is 6.62. The highest BCUT2D eigenvalue weighted by molar-refractivity contribution is 5.96. The van der Waals surface area contributed by atoms with Crippen LogP contribution in [0.4, 0.5) is 10.1 Å². The average Bonchev–Trinajstić information content (AvgIpc) is 2.79. The first-order valence-corrected chi connectivity index (χ1v) is 9.45. The van der Waals surface area contributed by atoms with E-state index in [1.54, 1.807) is 54.6 Å². The van der Waals surface area contributed by atoms with E-state index in [1.165, 1.54) is 31.2 Å². The van der Waals surface area contributed by atoms with E-state index < -0.39 is 29.9 Å². The Labute approximate surface area is 178 Å². The molecule has 0 fully saturated rings. The molecule has 156 valence electrons. The number of amides is 1. The molecule has 0 aliphatic heterocycles. The van der Waals surface area contributed by atoms with Gasteiger partial charge in [-0.1, -0.05) is 30.3 Å². The van der Waals surface area contributed by atoms with Crippen molar-refractivity contribution in [1.29, 1.82) is 5.26 Å². The van der Waals surface area contributed by atoms with Crippen molar-refractivity contribution in [3.63, 3.8) is 0 Å². The third-order valence-electron chi connectivity index (χ3n) is 4.31. The van der Waals surface area contributed by atoms with Gasteiger partial charge in [0.15, 0.2) is 6.10 Å². The Balaban J connectivity index is 1.72. The molecular weight excluding hydrogens is 399 g/mol. The molecular formula is C24H19FN2O4. The van der Waals surface area contributed by atoms with Crippen LogP contribution >= 0.6 is 0 Å². The molecule has 0 heterocycles. The monoisotopic (exact) mass is 418 g/mol. The number of nitriles is 1. The zero-order valence-electron chi connectivity index (χ0n) is 16.6. The van der Waals surface area contributed by atoms with Crippen molar-refractivity contribution in [2.24, 2.45) is 0 Å². The van der Waals surface area contributed by atoms with Crippen molar-refractivity contribution >= 4 is 17.6 Å². The standard InChI is InChI=1S/C24H19FN2O4/c1-16(30-21-13-7-17(15-26)8-14-21)24(29)31-22(18-5-3-2-4-6-18)23(28)27-20-11-9-19(25)10-12-20/h2-14,16,22H,1H3,(H,27,28)/t16-,22-/m1/s1. The van der Waals surface area contributed by atoms with Crippen LogP contribution in [-0.2, 0) is 14.3 Å². The number of hydrogen-bond acceptors (Lipinski definition) is 5. The number of nitrogens with one attached hydrogen (secondary N) is 1. The third-order valence-corrected chi connectivity index (χ3v) is 4.31. The van der Waals surface area contributed by atoms with Crippen molar-refractivity contribution < 1.29 is 23.5 Å². The molecule has 0 radical (unpaired) electrons. The number of anilines is 1. The molecule has 3 rings (SSSR count). The van der Waals surface area contributed by atoms with Crippen molar-refractivity contribution in [2.45, 2.75) is 19.1 Å². The minimum Gasteiger partial charge on any atom is -0.479 e. The second-order valence-corrected chi connectivity index (χ2v) is 6.62. The van der Waals surface area contributed by atoms with E-state index in [2.05, 4.69) is 5.32 Å². The van der Waals surface area contributed by atoms with E-state index in [0.29, 0.717) is 22.6 Å². The number of esters is 1. The maximum Gasteiger partial charge on any atom is 0.348 e. The van der Waals surface area contributed by atoms with E-state index in [-0.39, 0.29) is 0 Å². The van der Waals surface area contributed by atoms with Gasteiger partial charge in [-0.15, -0.1) is 0 Å². The highest BCUT2D eigenvalue weighted by Gasteiger charge is 2.28. The smallest absolute Gasteiger partial charge is 0.348 e. The zero-order chi connectivity index (χ0) is 22.2. The fourth-order valence-electron chi connectivity index (χ4n) is 2.71. The second kappa shape index (κ2) is 10.0. The zero-order valence-corrected chi connectivity index (χ0v) is 16.6. The van der Waals surface area contributed by atoms with Gasteiger partial charge in [0.2, 0.25) is 6.10 Å². The molecule has 2 atom stereocenters. The van der Waals surface area contributed by atoms with Gasteiger partial charge in [-0.2, -0.15) is 5.26 Å². The summed E-state index contributed by atoms with van der Waals surface area (Å²) in [7, 11) is 0. The molecule has 7 heteroatoms. The molecule has 3 aromatic carbocycles. The summed E-state index contributed by atoms with van der Waals surface area (Å²) in [4.78, 5) is 25.5. The van der Waals surface area contributed by atoms with Crippen LogP contribution in [0.5, 0.6) is 5.75 Å². The van der Waals surface area contributed by atoms with E-state index in [1.807, 2.05) is 6.07 Å². The fourth-order valence-corrected chi connectivity index (χ4v) is 2.71. The topological polar surface area (TPSA) is 88.4 Å². The number of rotatable bonds is 7. The molecule has 0 bridgehead atoms. The highest BCUT2D eigenvalue weighted by Crippen LogP contribution is 2.22. The molecule has 0 saturated carbocycles. The van der Waals surface area contributed by atoms with Crippen molar-refractivity contribution in [3.05, 3.63) is 95.8 Å². The summed E-state index contributed by atoms with van der Waals surface area (Å²) >= 11 is 0. The lowest BCUT2D eigenvalue weighted by Crippen LogP contribution is -2.32. The van der Waals surface area contributed by atoms with Gasteiger partial charge in [0.1, 0.15) is 11.6 Å². The predicted octanol–water partition coefficient (Wildman–Crippen LogP) is 4.39. The number of halogens is 1. The maximum atomic E-state index is 13.1. The lowest BCUT2D eigenvalue weighted by atomic mass is 10.1. The minimum absolute atomic E-state index is 0.366. The summed E-state index contributed by atoms with van der Waals surface area (Å²) in [5.74, 6) is -1.38. The van der Waals surface area contributed by atoms with Gasteiger partial charge in [-0.05, 0) is 55.5 Å². The molecule has 1 amide bonds. The Hall–Kier alpha value is -4.18. The maximum absolute atomic E-state index is 13.1. The quantitative estimate of drug-likeness (QED) is 0.575. The van der Waals surface area contributed by atoms with Gasteiger partial charge in [0.25, 0.3) is 5.91 Å². The Morgan fingerprint density at radius 3 is 2.23 bits per heavy atom. The summed E-state index contributed by atoms with van der Waals surface area (Å²) in [5, 5.41) is 11.5. The number of carbonyl (C=O) groups excluding carboxylic acids is 2. The first-order valence-electron chi connectivity index (χ1n) is 9.45. The van der Waals surface area contributed by atoms with Gasteiger partial charge >= 0.3 is 5.97 Å². The summed E-state index contributed by atoms with van der Waals surface area (Å²) < 4.78 is 24.2. The van der Waals surface area contributed by atoms with Gasteiger partial charge in [-0.3, -0.25) is 4.79 Å². The van der Waals surface area contributed by atoms with Crippen molar-refractivity contribution in [1.82, 2.24) is 0 Å². The Morgan fingerprint density at radius 2 is 1.61 bits per heavy atom. The number of ether oxygens (including phenoxy) is 2. The molecule has 6 nitrogen and oxygen atoms in total. The first kappa shape index (κ1) is 21.5. The Kier molecular flexibility index (Phi) is 6.97. The first-order chi connectivity index (χ1) is 15.0. The summed E-state index contributed by atoms with van der Waals surface area (Å²) in [6.45, 7) is 1.50. The van der Waals surface area contributed by atoms with E-state index in [4.69, 9.17) is 14.7 Å². The number of carbonyl (C=O) groups is 2. The van der Waals surface area contributed by atoms with E-state index in [9.17, 15) is 14.0 Å². The van der Waals surface area contributed by atoms with Crippen LogP contribution in [0.3, 0.4) is 0 Å². The van der Waals surface area contributed by atoms with Crippen LogP contribution in [0, 0.1) is 17.1 Å². The molecule has 31 heavy (non-hydrogen) atoms. The van der Waals surface area contributed by atoms with Crippen LogP contribution in [0.25, 0.3) is 0 Å². The number of benzene rings is 3. The molecule has 0 aromatic heterocycles. The van der Waals surface area contributed by atoms with Gasteiger partial charge in [-0.25, -0.2) is 9.18 Å². The van der Waals surface area contributed by atoms with E-state index in [0.717, 1.165) is 0 Å². The lowest BCUT2D eigenvalue weighted by Gasteiger charge is -2.21. The molecule has 3 aromatic rings. The molecule has 0 saturated heterocycles. The Morgan fingerprint density at radius 1 is 0.968 bits per heavy atom. The Bertz CT molecular complexity index is 1080. The van der Waals surface area contributed by atoms with Gasteiger partial charge in [0.05, 0.1) is 11.6 Å². The third kappa shape index (κ3) is 5.90. The van der Waals surface area contributed by atoms with Crippen LogP contribution in [-0.4, -0.2) is 18.0 Å². The lowest BCUT2D eigenvalue weighted by molar-refractivity contribution is -0.161.